The number of hydroxylamine groups is 2. The molecule has 24 heavy (non-hydrogen) atoms. The summed E-state index contributed by atoms with van der Waals surface area (Å²) >= 11 is 0. The highest BCUT2D eigenvalue weighted by Gasteiger charge is 2.47. The molecule has 0 unspecified atom stereocenters. The summed E-state index contributed by atoms with van der Waals surface area (Å²) in [5.74, 6) is -0.104. The van der Waals surface area contributed by atoms with E-state index in [1.54, 1.807) is 0 Å². The van der Waals surface area contributed by atoms with Crippen LogP contribution in [0.1, 0.15) is 32.1 Å². The van der Waals surface area contributed by atoms with E-state index >= 15 is 0 Å². The quantitative estimate of drug-likeness (QED) is 0.549. The van der Waals surface area contributed by atoms with Crippen LogP contribution in [0, 0.1) is 0 Å². The van der Waals surface area contributed by atoms with Gasteiger partial charge in [-0.25, -0.2) is 4.79 Å². The van der Waals surface area contributed by atoms with Gasteiger partial charge in [0, 0.05) is 25.0 Å². The molecule has 3 rings (SSSR count). The van der Waals surface area contributed by atoms with Crippen LogP contribution in [0.25, 0.3) is 0 Å². The number of hydrogen-bond donors (Lipinski definition) is 3. The zero-order valence-corrected chi connectivity index (χ0v) is 14.0. The first-order valence-corrected chi connectivity index (χ1v) is 9.47. The lowest BCUT2D eigenvalue weighted by atomic mass is 9.97. The highest BCUT2D eigenvalue weighted by Crippen LogP contribution is 2.31. The number of nitrogens with zero attached hydrogens (tertiary/aromatic N) is 2. The van der Waals surface area contributed by atoms with Crippen LogP contribution in [-0.2, 0) is 19.5 Å². The normalized spacial score (nSPS) is 28.3. The van der Waals surface area contributed by atoms with Crippen LogP contribution >= 0.6 is 0 Å². The van der Waals surface area contributed by atoms with E-state index in [0.29, 0.717) is 24.4 Å². The molecule has 0 spiro atoms. The third-order valence-electron chi connectivity index (χ3n) is 4.75. The number of hydrogen-bond acceptors (Lipinski definition) is 6. The van der Waals surface area contributed by atoms with Crippen molar-refractivity contribution in [1.29, 1.82) is 0 Å². The Kier molecular flexibility index (Phi) is 4.95. The minimum Gasteiger partial charge on any atom is -0.353 e. The Bertz CT molecular complexity index is 606. The molecule has 0 aromatic carbocycles. The zero-order chi connectivity index (χ0) is 17.3. The Morgan fingerprint density at radius 1 is 1.29 bits per heavy atom. The second kappa shape index (κ2) is 6.82. The van der Waals surface area contributed by atoms with E-state index in [4.69, 9.17) is 4.55 Å². The molecule has 3 aliphatic rings. The van der Waals surface area contributed by atoms with Crippen LogP contribution in [-0.4, -0.2) is 72.6 Å². The fourth-order valence-corrected chi connectivity index (χ4v) is 3.98. The van der Waals surface area contributed by atoms with Gasteiger partial charge in [-0.1, -0.05) is 0 Å². The van der Waals surface area contributed by atoms with E-state index in [-0.39, 0.29) is 24.4 Å². The lowest BCUT2D eigenvalue weighted by Crippen LogP contribution is -2.47. The lowest BCUT2D eigenvalue weighted by molar-refractivity contribution is -0.123. The molecule has 136 valence electrons. The van der Waals surface area contributed by atoms with Gasteiger partial charge in [0.2, 0.25) is 5.91 Å². The summed E-state index contributed by atoms with van der Waals surface area (Å²) in [4.78, 5) is 25.9. The number of carbonyl (C=O) groups is 2. The Morgan fingerprint density at radius 3 is 2.67 bits per heavy atom. The van der Waals surface area contributed by atoms with Gasteiger partial charge >= 0.3 is 16.4 Å². The standard InChI is InChI=1S/C13H22N4O6S/c18-12(15-9-3-5-14-6-4-9)7-10-1-2-11-8-16(10)13(19)17(11)23-24(20,21)22/h9-11,14H,1-8H2,(H,15,18)(H,20,21,22)/t10-,11+/m0/s1. The maximum Gasteiger partial charge on any atom is 0.418 e. The molecule has 3 amide bonds. The van der Waals surface area contributed by atoms with Crippen molar-refractivity contribution in [2.24, 2.45) is 0 Å². The lowest BCUT2D eigenvalue weighted by Gasteiger charge is -2.31. The van der Waals surface area contributed by atoms with Crippen molar-refractivity contribution in [2.45, 2.75) is 50.2 Å². The summed E-state index contributed by atoms with van der Waals surface area (Å²) in [6, 6.07) is -1.19. The van der Waals surface area contributed by atoms with Crippen LogP contribution in [0.2, 0.25) is 0 Å². The molecule has 3 fully saturated rings. The Balaban J connectivity index is 1.56. The van der Waals surface area contributed by atoms with E-state index in [9.17, 15) is 18.0 Å². The first-order chi connectivity index (χ1) is 11.3. The van der Waals surface area contributed by atoms with Crippen LogP contribution in [0.5, 0.6) is 0 Å². The van der Waals surface area contributed by atoms with Crippen molar-refractivity contribution in [2.75, 3.05) is 19.6 Å². The van der Waals surface area contributed by atoms with Crippen molar-refractivity contribution in [3.8, 4) is 0 Å². The highest BCUT2D eigenvalue weighted by molar-refractivity contribution is 7.80. The summed E-state index contributed by atoms with van der Waals surface area (Å²) in [5, 5.41) is 6.91. The fourth-order valence-electron chi connectivity index (χ4n) is 3.59. The molecular weight excluding hydrogens is 340 g/mol. The van der Waals surface area contributed by atoms with Gasteiger partial charge in [0.25, 0.3) is 0 Å². The predicted molar refractivity (Wildman–Crippen MR) is 82.0 cm³/mol. The average Bonchev–Trinajstić information content (AvgIpc) is 2.75. The van der Waals surface area contributed by atoms with E-state index in [1.807, 2.05) is 0 Å². The molecule has 3 aliphatic heterocycles. The molecule has 0 aromatic heterocycles. The van der Waals surface area contributed by atoms with E-state index < -0.39 is 22.5 Å². The van der Waals surface area contributed by atoms with Gasteiger partial charge < -0.3 is 15.5 Å². The molecule has 0 aliphatic carbocycles. The van der Waals surface area contributed by atoms with Crippen molar-refractivity contribution in [3.05, 3.63) is 0 Å². The Morgan fingerprint density at radius 2 is 2.00 bits per heavy atom. The maximum atomic E-state index is 12.3. The van der Waals surface area contributed by atoms with Crippen LogP contribution in [0.15, 0.2) is 0 Å². The van der Waals surface area contributed by atoms with E-state index in [1.165, 1.54) is 4.90 Å². The minimum absolute atomic E-state index is 0.104. The third-order valence-corrected chi connectivity index (χ3v) is 5.10. The SMILES string of the molecule is O=C(C[C@@H]1CC[C@@H]2CN1C(=O)N2OS(=O)(=O)O)NC1CCNCC1. The number of urea groups is 1. The molecule has 0 radical (unpaired) electrons. The summed E-state index contributed by atoms with van der Waals surface area (Å²) in [5.41, 5.74) is 0. The minimum atomic E-state index is -4.75. The van der Waals surface area contributed by atoms with Crippen LogP contribution in [0.3, 0.4) is 0 Å². The van der Waals surface area contributed by atoms with Crippen LogP contribution < -0.4 is 10.6 Å². The fraction of sp³-hybridized carbons (Fsp3) is 0.846. The Labute approximate surface area is 140 Å². The van der Waals surface area contributed by atoms with E-state index in [2.05, 4.69) is 14.9 Å². The molecule has 2 bridgehead atoms. The zero-order valence-electron chi connectivity index (χ0n) is 13.2. The van der Waals surface area contributed by atoms with E-state index in [0.717, 1.165) is 25.9 Å². The molecule has 3 N–H and O–H groups in total. The van der Waals surface area contributed by atoms with Gasteiger partial charge in [0.1, 0.15) is 0 Å². The molecule has 10 nitrogen and oxygen atoms in total. The number of rotatable bonds is 5. The van der Waals surface area contributed by atoms with Crippen LogP contribution in [0.4, 0.5) is 4.79 Å². The molecule has 3 heterocycles. The molecule has 11 heteroatoms. The highest BCUT2D eigenvalue weighted by atomic mass is 32.3. The van der Waals surface area contributed by atoms with Gasteiger partial charge in [-0.2, -0.15) is 13.5 Å². The second-order valence-corrected chi connectivity index (χ2v) is 7.45. The second-order valence-electron chi connectivity index (χ2n) is 6.44. The molecule has 3 saturated heterocycles. The summed E-state index contributed by atoms with van der Waals surface area (Å²) in [7, 11) is -4.75. The largest absolute Gasteiger partial charge is 0.418 e. The Hall–Kier alpha value is -1.43. The summed E-state index contributed by atoms with van der Waals surface area (Å²) in [6.07, 6.45) is 3.06. The number of nitrogens with one attached hydrogen (secondary N) is 2. The van der Waals surface area contributed by atoms with Gasteiger partial charge in [0.15, 0.2) is 0 Å². The monoisotopic (exact) mass is 362 g/mol. The first-order valence-electron chi connectivity index (χ1n) is 8.10. The van der Waals surface area contributed by atoms with Crippen molar-refractivity contribution >= 4 is 22.3 Å². The van der Waals surface area contributed by atoms with Gasteiger partial charge in [0.05, 0.1) is 6.04 Å². The van der Waals surface area contributed by atoms with Crippen molar-refractivity contribution in [1.82, 2.24) is 20.6 Å². The van der Waals surface area contributed by atoms with Crippen molar-refractivity contribution < 1.29 is 26.8 Å². The number of amides is 3. The smallest absolute Gasteiger partial charge is 0.353 e. The van der Waals surface area contributed by atoms with Gasteiger partial charge in [-0.05, 0) is 38.8 Å². The molecule has 0 aromatic rings. The predicted octanol–water partition coefficient (Wildman–Crippen LogP) is -0.752. The summed E-state index contributed by atoms with van der Waals surface area (Å²) < 4.78 is 34.8. The van der Waals surface area contributed by atoms with Gasteiger partial charge in [-0.3, -0.25) is 9.35 Å². The molecular formula is C13H22N4O6S. The topological polar surface area (TPSA) is 128 Å². The summed E-state index contributed by atoms with van der Waals surface area (Å²) in [6.45, 7) is 2.05. The van der Waals surface area contributed by atoms with Crippen molar-refractivity contribution in [3.63, 3.8) is 0 Å². The molecule has 2 atom stereocenters. The first kappa shape index (κ1) is 17.4. The number of carbonyl (C=O) groups excluding carboxylic acids is 2. The maximum absolute atomic E-state index is 12.3. The average molecular weight is 362 g/mol. The number of piperidine rings is 2. The number of fused-ring (bicyclic) bond motifs is 2. The van der Waals surface area contributed by atoms with Gasteiger partial charge in [-0.15, -0.1) is 4.28 Å². The molecule has 0 saturated carbocycles. The third kappa shape index (κ3) is 3.97.